The molecule has 2 aromatic rings. The number of nitrogens with one attached hydrogen (secondary N) is 1. The van der Waals surface area contributed by atoms with Crippen molar-refractivity contribution < 1.29 is 24.9 Å². The third kappa shape index (κ3) is 4.10. The average Bonchev–Trinajstić information content (AvgIpc) is 3.10. The molecular weight excluding hydrogens is 348 g/mol. The lowest BCUT2D eigenvalue weighted by molar-refractivity contribution is -0.153. The summed E-state index contributed by atoms with van der Waals surface area (Å²) in [6, 6.07) is 13.3. The standard InChI is InChI=1S/C20H22N2O5/c1-12(13-7-4-8-16(23)9-13)21-19(26)17(24)18(25)20(27)22-10-14-5-2-3-6-15(14)11-22/h2-9,12,17-18,23-25H,10-11H2,1H3,(H,21,26). The predicted molar refractivity (Wildman–Crippen MR) is 97.4 cm³/mol. The molecule has 0 radical (unpaired) electrons. The van der Waals surface area contributed by atoms with Gasteiger partial charge in [-0.15, -0.1) is 0 Å². The zero-order valence-electron chi connectivity index (χ0n) is 14.9. The second kappa shape index (κ2) is 7.77. The van der Waals surface area contributed by atoms with Crippen molar-refractivity contribution in [2.45, 2.75) is 38.3 Å². The second-order valence-electron chi connectivity index (χ2n) is 6.68. The lowest BCUT2D eigenvalue weighted by Crippen LogP contribution is -2.50. The van der Waals surface area contributed by atoms with Crippen LogP contribution in [0.25, 0.3) is 0 Å². The number of carbonyl (C=O) groups is 2. The van der Waals surface area contributed by atoms with Gasteiger partial charge in [-0.3, -0.25) is 9.59 Å². The summed E-state index contributed by atoms with van der Waals surface area (Å²) in [5, 5.41) is 32.4. The molecule has 1 aliphatic rings. The molecule has 3 atom stereocenters. The first-order chi connectivity index (χ1) is 12.9. The minimum absolute atomic E-state index is 0.0537. The van der Waals surface area contributed by atoms with Gasteiger partial charge in [0.1, 0.15) is 5.75 Å². The normalized spacial score (nSPS) is 16.3. The van der Waals surface area contributed by atoms with Gasteiger partial charge in [-0.25, -0.2) is 0 Å². The van der Waals surface area contributed by atoms with E-state index in [0.717, 1.165) is 11.1 Å². The number of fused-ring (bicyclic) bond motifs is 1. The monoisotopic (exact) mass is 370 g/mol. The molecule has 0 fully saturated rings. The number of aromatic hydroxyl groups is 1. The van der Waals surface area contributed by atoms with Crippen molar-refractivity contribution in [1.29, 1.82) is 0 Å². The fraction of sp³-hybridized carbons (Fsp3) is 0.300. The van der Waals surface area contributed by atoms with E-state index in [1.807, 2.05) is 24.3 Å². The van der Waals surface area contributed by atoms with Crippen LogP contribution in [0.5, 0.6) is 5.75 Å². The van der Waals surface area contributed by atoms with E-state index in [2.05, 4.69) is 5.32 Å². The van der Waals surface area contributed by atoms with Crippen LogP contribution in [0.4, 0.5) is 0 Å². The third-order valence-electron chi connectivity index (χ3n) is 4.70. The molecule has 2 amide bonds. The lowest BCUT2D eigenvalue weighted by atomic mass is 10.1. The van der Waals surface area contributed by atoms with Crippen LogP contribution in [-0.4, -0.2) is 44.2 Å². The molecule has 0 saturated carbocycles. The molecule has 3 unspecified atom stereocenters. The van der Waals surface area contributed by atoms with Crippen LogP contribution in [0.3, 0.4) is 0 Å². The van der Waals surface area contributed by atoms with E-state index in [4.69, 9.17) is 0 Å². The summed E-state index contributed by atoms with van der Waals surface area (Å²) in [5.74, 6) is -1.50. The molecule has 0 saturated heterocycles. The highest BCUT2D eigenvalue weighted by Gasteiger charge is 2.35. The van der Waals surface area contributed by atoms with Crippen molar-refractivity contribution in [3.63, 3.8) is 0 Å². The van der Waals surface area contributed by atoms with Crippen LogP contribution in [0.1, 0.15) is 29.7 Å². The molecule has 0 aliphatic carbocycles. The van der Waals surface area contributed by atoms with E-state index in [9.17, 15) is 24.9 Å². The zero-order chi connectivity index (χ0) is 19.6. The van der Waals surface area contributed by atoms with Gasteiger partial charge in [0.25, 0.3) is 11.8 Å². The van der Waals surface area contributed by atoms with Gasteiger partial charge in [-0.05, 0) is 35.7 Å². The number of aliphatic hydroxyl groups is 2. The molecule has 2 aromatic carbocycles. The number of phenolic OH excluding ortho intramolecular Hbond substituents is 1. The Labute approximate surface area is 156 Å². The molecule has 0 spiro atoms. The molecule has 0 bridgehead atoms. The maximum absolute atomic E-state index is 12.5. The summed E-state index contributed by atoms with van der Waals surface area (Å²) in [6.45, 7) is 2.34. The summed E-state index contributed by atoms with van der Waals surface area (Å²) >= 11 is 0. The van der Waals surface area contributed by atoms with Crippen molar-refractivity contribution >= 4 is 11.8 Å². The number of aliphatic hydroxyl groups excluding tert-OH is 2. The van der Waals surface area contributed by atoms with Crippen molar-refractivity contribution in [1.82, 2.24) is 10.2 Å². The minimum atomic E-state index is -1.89. The Hall–Kier alpha value is -2.90. The summed E-state index contributed by atoms with van der Waals surface area (Å²) in [5.41, 5.74) is 2.59. The largest absolute Gasteiger partial charge is 0.508 e. The van der Waals surface area contributed by atoms with E-state index < -0.39 is 30.1 Å². The molecule has 4 N–H and O–H groups in total. The highest BCUT2D eigenvalue weighted by molar-refractivity contribution is 5.91. The minimum Gasteiger partial charge on any atom is -0.508 e. The van der Waals surface area contributed by atoms with Gasteiger partial charge in [0.2, 0.25) is 0 Å². The molecule has 27 heavy (non-hydrogen) atoms. The van der Waals surface area contributed by atoms with Crippen molar-refractivity contribution in [2.75, 3.05) is 0 Å². The number of phenols is 1. The van der Waals surface area contributed by atoms with E-state index in [-0.39, 0.29) is 5.75 Å². The Balaban J connectivity index is 1.60. The van der Waals surface area contributed by atoms with Crippen molar-refractivity contribution in [3.8, 4) is 5.75 Å². The van der Waals surface area contributed by atoms with E-state index in [0.29, 0.717) is 18.7 Å². The molecule has 142 valence electrons. The van der Waals surface area contributed by atoms with Gasteiger partial charge in [-0.2, -0.15) is 0 Å². The molecule has 3 rings (SSSR count). The zero-order valence-corrected chi connectivity index (χ0v) is 14.9. The first-order valence-corrected chi connectivity index (χ1v) is 8.68. The van der Waals surface area contributed by atoms with Crippen LogP contribution in [-0.2, 0) is 22.7 Å². The van der Waals surface area contributed by atoms with Crippen LogP contribution in [0, 0.1) is 0 Å². The fourth-order valence-electron chi connectivity index (χ4n) is 3.13. The number of nitrogens with zero attached hydrogens (tertiary/aromatic N) is 1. The Morgan fingerprint density at radius 1 is 1.00 bits per heavy atom. The number of hydrogen-bond donors (Lipinski definition) is 4. The number of amides is 2. The number of hydrogen-bond acceptors (Lipinski definition) is 5. The maximum atomic E-state index is 12.5. The van der Waals surface area contributed by atoms with Gasteiger partial charge in [0.05, 0.1) is 6.04 Å². The quantitative estimate of drug-likeness (QED) is 0.623. The molecule has 7 heteroatoms. The van der Waals surface area contributed by atoms with Gasteiger partial charge in [-0.1, -0.05) is 36.4 Å². The molecule has 7 nitrogen and oxygen atoms in total. The van der Waals surface area contributed by atoms with Crippen molar-refractivity contribution in [2.24, 2.45) is 0 Å². The Morgan fingerprint density at radius 3 is 2.22 bits per heavy atom. The Morgan fingerprint density at radius 2 is 1.63 bits per heavy atom. The molecule has 1 aliphatic heterocycles. The molecular formula is C20H22N2O5. The Bertz CT molecular complexity index is 829. The average molecular weight is 370 g/mol. The predicted octanol–water partition coefficient (Wildman–Crippen LogP) is 0.834. The second-order valence-corrected chi connectivity index (χ2v) is 6.68. The van der Waals surface area contributed by atoms with E-state index >= 15 is 0 Å². The van der Waals surface area contributed by atoms with Gasteiger partial charge in [0.15, 0.2) is 12.2 Å². The summed E-state index contributed by atoms with van der Waals surface area (Å²) in [4.78, 5) is 26.1. The maximum Gasteiger partial charge on any atom is 0.255 e. The highest BCUT2D eigenvalue weighted by atomic mass is 16.3. The van der Waals surface area contributed by atoms with Gasteiger partial charge < -0.3 is 25.5 Å². The summed E-state index contributed by atoms with van der Waals surface area (Å²) in [7, 11) is 0. The Kier molecular flexibility index (Phi) is 5.43. The lowest BCUT2D eigenvalue weighted by Gasteiger charge is -2.24. The smallest absolute Gasteiger partial charge is 0.255 e. The van der Waals surface area contributed by atoms with E-state index in [1.165, 1.54) is 17.0 Å². The molecule has 0 aromatic heterocycles. The van der Waals surface area contributed by atoms with Gasteiger partial charge >= 0.3 is 0 Å². The summed E-state index contributed by atoms with van der Waals surface area (Å²) < 4.78 is 0. The fourth-order valence-corrected chi connectivity index (χ4v) is 3.13. The summed E-state index contributed by atoms with van der Waals surface area (Å²) in [6.07, 6.45) is -3.74. The topological polar surface area (TPSA) is 110 Å². The first kappa shape index (κ1) is 18.9. The van der Waals surface area contributed by atoms with Crippen LogP contribution >= 0.6 is 0 Å². The van der Waals surface area contributed by atoms with Crippen LogP contribution in [0.15, 0.2) is 48.5 Å². The highest BCUT2D eigenvalue weighted by Crippen LogP contribution is 2.23. The number of rotatable bonds is 5. The van der Waals surface area contributed by atoms with E-state index in [1.54, 1.807) is 19.1 Å². The number of benzene rings is 2. The number of carbonyl (C=O) groups excluding carboxylic acids is 2. The molecule has 1 heterocycles. The van der Waals surface area contributed by atoms with Crippen molar-refractivity contribution in [3.05, 3.63) is 65.2 Å². The van der Waals surface area contributed by atoms with Gasteiger partial charge in [0, 0.05) is 13.1 Å². The van der Waals surface area contributed by atoms with Crippen LogP contribution < -0.4 is 5.32 Å². The third-order valence-corrected chi connectivity index (χ3v) is 4.70. The SMILES string of the molecule is CC(NC(=O)C(O)C(O)C(=O)N1Cc2ccccc2C1)c1cccc(O)c1. The van der Waals surface area contributed by atoms with Crippen LogP contribution in [0.2, 0.25) is 0 Å². The first-order valence-electron chi connectivity index (χ1n) is 8.68.